The van der Waals surface area contributed by atoms with Crippen LogP contribution in [-0.2, 0) is 9.59 Å². The summed E-state index contributed by atoms with van der Waals surface area (Å²) in [5.74, 6) is -2.09. The van der Waals surface area contributed by atoms with E-state index in [0.717, 1.165) is 0 Å². The van der Waals surface area contributed by atoms with Crippen LogP contribution in [0, 0.1) is 11.2 Å². The molecular weight excluding hydrogens is 323 g/mol. The summed E-state index contributed by atoms with van der Waals surface area (Å²) in [6, 6.07) is 5.12. The van der Waals surface area contributed by atoms with E-state index < -0.39 is 28.9 Å². The molecule has 1 aromatic carbocycles. The first kappa shape index (κ1) is 19.1. The monoisotopic (exact) mass is 348 g/mol. The van der Waals surface area contributed by atoms with Crippen molar-refractivity contribution in [1.29, 1.82) is 0 Å². The number of hydrogen-bond donors (Lipinski definition) is 1. The van der Waals surface area contributed by atoms with Crippen LogP contribution in [0.5, 0.6) is 0 Å². The summed E-state index contributed by atoms with van der Waals surface area (Å²) in [6.45, 7) is 5.93. The van der Waals surface area contributed by atoms with Crippen LogP contribution in [0.25, 0.3) is 0 Å². The van der Waals surface area contributed by atoms with Crippen LogP contribution in [0.15, 0.2) is 35.6 Å². The Morgan fingerprint density at radius 1 is 1.28 bits per heavy atom. The molecule has 6 heteroatoms. The van der Waals surface area contributed by atoms with Gasteiger partial charge in [-0.3, -0.25) is 9.59 Å². The van der Waals surface area contributed by atoms with Crippen LogP contribution >= 0.6 is 0 Å². The van der Waals surface area contributed by atoms with Crippen molar-refractivity contribution >= 4 is 11.7 Å². The third-order valence-corrected chi connectivity index (χ3v) is 4.22. The summed E-state index contributed by atoms with van der Waals surface area (Å²) < 4.78 is 14.4. The van der Waals surface area contributed by atoms with Crippen molar-refractivity contribution in [3.05, 3.63) is 47.0 Å². The predicted molar refractivity (Wildman–Crippen MR) is 93.5 cm³/mol. The minimum absolute atomic E-state index is 0.0265. The Balaban J connectivity index is 2.57. The van der Waals surface area contributed by atoms with E-state index in [9.17, 15) is 19.1 Å². The summed E-state index contributed by atoms with van der Waals surface area (Å²) >= 11 is 0. The van der Waals surface area contributed by atoms with Crippen molar-refractivity contribution in [3.8, 4) is 0 Å². The lowest BCUT2D eigenvalue weighted by Gasteiger charge is -2.29. The highest BCUT2D eigenvalue weighted by Crippen LogP contribution is 2.41. The van der Waals surface area contributed by atoms with Gasteiger partial charge >= 0.3 is 0 Å². The van der Waals surface area contributed by atoms with Crippen LogP contribution < -0.4 is 0 Å². The Bertz CT molecular complexity index is 720. The fraction of sp³-hybridized carbons (Fsp3) is 0.474. The maximum absolute atomic E-state index is 14.4. The number of carbonyl (C=O) groups excluding carboxylic acids is 2. The molecule has 1 atom stereocenters. The van der Waals surface area contributed by atoms with Crippen molar-refractivity contribution in [3.63, 3.8) is 0 Å². The van der Waals surface area contributed by atoms with Gasteiger partial charge < -0.3 is 14.9 Å². The minimum atomic E-state index is -0.916. The Labute approximate surface area is 147 Å². The summed E-state index contributed by atoms with van der Waals surface area (Å²) in [5.41, 5.74) is -0.613. The van der Waals surface area contributed by atoms with E-state index in [0.29, 0.717) is 6.54 Å². The molecule has 0 saturated heterocycles. The summed E-state index contributed by atoms with van der Waals surface area (Å²) in [4.78, 5) is 28.7. The maximum atomic E-state index is 14.4. The first-order chi connectivity index (χ1) is 11.6. The topological polar surface area (TPSA) is 60.9 Å². The van der Waals surface area contributed by atoms with Gasteiger partial charge in [0.25, 0.3) is 5.91 Å². The number of rotatable bonds is 5. The van der Waals surface area contributed by atoms with Crippen molar-refractivity contribution in [2.45, 2.75) is 26.8 Å². The molecule has 1 aromatic rings. The van der Waals surface area contributed by atoms with Crippen molar-refractivity contribution in [2.75, 3.05) is 27.2 Å². The predicted octanol–water partition coefficient (Wildman–Crippen LogP) is 2.70. The molecule has 1 unspecified atom stereocenters. The second kappa shape index (κ2) is 6.96. The summed E-state index contributed by atoms with van der Waals surface area (Å²) in [6.07, 6.45) is 0. The van der Waals surface area contributed by atoms with Crippen LogP contribution in [0.4, 0.5) is 4.39 Å². The number of amides is 1. The summed E-state index contributed by atoms with van der Waals surface area (Å²) in [7, 11) is 3.71. The first-order valence-electron chi connectivity index (χ1n) is 8.23. The van der Waals surface area contributed by atoms with Crippen molar-refractivity contribution in [2.24, 2.45) is 5.41 Å². The van der Waals surface area contributed by atoms with E-state index >= 15 is 0 Å². The van der Waals surface area contributed by atoms with E-state index in [1.165, 1.54) is 11.0 Å². The number of likely N-dealkylation sites (N-methyl/N-ethyl adjacent to an activating group) is 1. The van der Waals surface area contributed by atoms with E-state index in [1.54, 1.807) is 39.0 Å². The van der Waals surface area contributed by atoms with Crippen LogP contribution in [0.2, 0.25) is 0 Å². The fourth-order valence-electron chi connectivity index (χ4n) is 2.85. The molecule has 1 amide bonds. The number of hydrogen-bond acceptors (Lipinski definition) is 4. The van der Waals surface area contributed by atoms with Gasteiger partial charge in [-0.15, -0.1) is 0 Å². The smallest absolute Gasteiger partial charge is 0.290 e. The lowest BCUT2D eigenvalue weighted by atomic mass is 9.82. The zero-order chi connectivity index (χ0) is 18.9. The first-order valence-corrected chi connectivity index (χ1v) is 8.23. The van der Waals surface area contributed by atoms with E-state index in [4.69, 9.17) is 0 Å². The van der Waals surface area contributed by atoms with Gasteiger partial charge in [0, 0.05) is 24.1 Å². The minimum Gasteiger partial charge on any atom is -0.503 e. The Morgan fingerprint density at radius 2 is 1.88 bits per heavy atom. The highest BCUT2D eigenvalue weighted by atomic mass is 19.1. The molecule has 2 rings (SSSR count). The number of carbonyl (C=O) groups is 2. The average Bonchev–Trinajstić information content (AvgIpc) is 2.75. The highest BCUT2D eigenvalue weighted by Gasteiger charge is 2.46. The van der Waals surface area contributed by atoms with Crippen LogP contribution in [0.3, 0.4) is 0 Å². The number of nitrogens with zero attached hydrogens (tertiary/aromatic N) is 2. The molecule has 0 bridgehead atoms. The quantitative estimate of drug-likeness (QED) is 0.889. The second-order valence-corrected chi connectivity index (χ2v) is 7.57. The van der Waals surface area contributed by atoms with Gasteiger partial charge in [0.1, 0.15) is 5.82 Å². The molecule has 136 valence electrons. The number of benzene rings is 1. The third-order valence-electron chi connectivity index (χ3n) is 4.22. The normalized spacial score (nSPS) is 18.4. The number of aliphatic hydroxyl groups is 1. The molecule has 1 heterocycles. The van der Waals surface area contributed by atoms with Crippen molar-refractivity contribution < 1.29 is 19.1 Å². The van der Waals surface area contributed by atoms with E-state index in [2.05, 4.69) is 0 Å². The lowest BCUT2D eigenvalue weighted by Crippen LogP contribution is -2.37. The molecule has 0 aromatic heterocycles. The zero-order valence-electron chi connectivity index (χ0n) is 15.3. The molecule has 0 fully saturated rings. The third kappa shape index (κ3) is 3.74. The highest BCUT2D eigenvalue weighted by molar-refractivity contribution is 6.10. The fourth-order valence-corrected chi connectivity index (χ4v) is 2.85. The van der Waals surface area contributed by atoms with Gasteiger partial charge in [-0.05, 0) is 20.2 Å². The molecule has 0 aliphatic carbocycles. The number of Topliss-reactive ketones (excluding diaryl/α,β-unsaturated/α-hetero) is 1. The van der Waals surface area contributed by atoms with Gasteiger partial charge in [-0.2, -0.15) is 0 Å². The largest absolute Gasteiger partial charge is 0.503 e. The number of halogens is 1. The number of ketones is 1. The van der Waals surface area contributed by atoms with Gasteiger partial charge in [0.05, 0.1) is 11.6 Å². The molecule has 1 aliphatic rings. The van der Waals surface area contributed by atoms with E-state index in [-0.39, 0.29) is 23.5 Å². The average molecular weight is 348 g/mol. The molecular formula is C19H25FN2O3. The molecule has 25 heavy (non-hydrogen) atoms. The Hall–Kier alpha value is -2.21. The van der Waals surface area contributed by atoms with Gasteiger partial charge in [-0.1, -0.05) is 39.0 Å². The summed E-state index contributed by atoms with van der Waals surface area (Å²) in [5, 5.41) is 10.4. The molecule has 1 aliphatic heterocycles. The second-order valence-electron chi connectivity index (χ2n) is 7.57. The molecule has 0 radical (unpaired) electrons. The van der Waals surface area contributed by atoms with Gasteiger partial charge in [0.15, 0.2) is 11.5 Å². The lowest BCUT2D eigenvalue weighted by molar-refractivity contribution is -0.129. The van der Waals surface area contributed by atoms with Gasteiger partial charge in [0.2, 0.25) is 0 Å². The zero-order valence-corrected chi connectivity index (χ0v) is 15.3. The molecule has 5 nitrogen and oxygen atoms in total. The van der Waals surface area contributed by atoms with Crippen LogP contribution in [0.1, 0.15) is 32.4 Å². The Morgan fingerprint density at radius 3 is 2.40 bits per heavy atom. The van der Waals surface area contributed by atoms with Crippen LogP contribution in [-0.4, -0.2) is 53.8 Å². The molecule has 1 N–H and O–H groups in total. The number of aliphatic hydroxyl groups excluding tert-OH is 1. The van der Waals surface area contributed by atoms with Gasteiger partial charge in [-0.25, -0.2) is 4.39 Å². The maximum Gasteiger partial charge on any atom is 0.290 e. The Kier molecular flexibility index (Phi) is 5.32. The standard InChI is InChI=1S/C19H25FN2O3/c1-19(2,3)17(24)14-15(12-8-6-7-9-13(12)20)22(11-10-21(4)5)18(25)16(14)23/h6-9,15,23H,10-11H2,1-5H3. The molecule has 0 saturated carbocycles. The SMILES string of the molecule is CN(C)CCN1C(=O)C(O)=C(C(=O)C(C)(C)C)C1c1ccccc1F. The molecule has 0 spiro atoms. The van der Waals surface area contributed by atoms with Crippen molar-refractivity contribution in [1.82, 2.24) is 9.80 Å². The van der Waals surface area contributed by atoms with E-state index in [1.807, 2.05) is 19.0 Å².